The molecule has 0 aromatic carbocycles. The standard InChI is InChI=1S/C6H11BN2O3/c1-2-12-6(10)5(8)3-9-4-7-11/h4-5H,2-3,8H2,1H3/t5-/m1/s1. The fraction of sp³-hybridized carbons (Fsp3) is 0.667. The summed E-state index contributed by atoms with van der Waals surface area (Å²) in [6.07, 6.45) is 1.05. The Balaban J connectivity index is 3.70. The van der Waals surface area contributed by atoms with Crippen molar-refractivity contribution in [3.05, 3.63) is 0 Å². The van der Waals surface area contributed by atoms with Crippen LogP contribution in [0.1, 0.15) is 6.92 Å². The summed E-state index contributed by atoms with van der Waals surface area (Å²) in [5.74, 6) is -0.499. The zero-order valence-electron chi connectivity index (χ0n) is 6.90. The first-order valence-electron chi connectivity index (χ1n) is 3.58. The topological polar surface area (TPSA) is 81.8 Å². The Morgan fingerprint density at radius 1 is 1.83 bits per heavy atom. The SMILES string of the molecule is CCOC(=O)[C@H](N)CN=CB=O. The molecule has 0 unspecified atom stereocenters. The summed E-state index contributed by atoms with van der Waals surface area (Å²) in [7, 11) is 0.526. The molecule has 12 heavy (non-hydrogen) atoms. The van der Waals surface area contributed by atoms with Crippen molar-refractivity contribution in [1.29, 1.82) is 0 Å². The average molecular weight is 170 g/mol. The predicted molar refractivity (Wildman–Crippen MR) is 44.4 cm³/mol. The Hall–Kier alpha value is -1.04. The number of ether oxygens (including phenoxy) is 1. The van der Waals surface area contributed by atoms with Crippen molar-refractivity contribution in [1.82, 2.24) is 0 Å². The van der Waals surface area contributed by atoms with Crippen LogP contribution in [0.2, 0.25) is 0 Å². The van der Waals surface area contributed by atoms with Gasteiger partial charge in [-0.2, -0.15) is 0 Å². The maximum atomic E-state index is 10.8. The molecule has 2 N–H and O–H groups in total. The molecule has 0 aliphatic heterocycles. The number of carbonyl (C=O) groups is 1. The van der Waals surface area contributed by atoms with E-state index in [-0.39, 0.29) is 6.54 Å². The second-order valence-electron chi connectivity index (χ2n) is 2.01. The van der Waals surface area contributed by atoms with Crippen molar-refractivity contribution >= 4 is 19.2 Å². The van der Waals surface area contributed by atoms with Crippen molar-refractivity contribution in [2.75, 3.05) is 13.2 Å². The number of aliphatic imine (C=N–C) groups is 1. The zero-order chi connectivity index (χ0) is 9.40. The average Bonchev–Trinajstić information content (AvgIpc) is 2.05. The molecule has 0 aliphatic rings. The van der Waals surface area contributed by atoms with Crippen LogP contribution in [-0.2, 0) is 14.2 Å². The second kappa shape index (κ2) is 6.66. The van der Waals surface area contributed by atoms with Crippen LogP contribution in [0.5, 0.6) is 0 Å². The first kappa shape index (κ1) is 11.0. The molecule has 0 spiro atoms. The third-order valence-corrected chi connectivity index (χ3v) is 1.06. The molecule has 0 aromatic heterocycles. The van der Waals surface area contributed by atoms with Gasteiger partial charge in [0.15, 0.2) is 0 Å². The van der Waals surface area contributed by atoms with Crippen LogP contribution in [0.4, 0.5) is 0 Å². The molecule has 0 radical (unpaired) electrons. The van der Waals surface area contributed by atoms with E-state index < -0.39 is 12.0 Å². The maximum absolute atomic E-state index is 10.8. The van der Waals surface area contributed by atoms with Gasteiger partial charge in [0.25, 0.3) is 0 Å². The summed E-state index contributed by atoms with van der Waals surface area (Å²) in [5, 5.41) is 0. The van der Waals surface area contributed by atoms with Gasteiger partial charge in [0.1, 0.15) is 0 Å². The molecule has 0 saturated heterocycles. The minimum absolute atomic E-state index is 0.0809. The van der Waals surface area contributed by atoms with Crippen molar-refractivity contribution in [2.45, 2.75) is 13.0 Å². The fourth-order valence-corrected chi connectivity index (χ4v) is 0.541. The van der Waals surface area contributed by atoms with E-state index in [1.165, 1.54) is 0 Å². The van der Waals surface area contributed by atoms with Gasteiger partial charge in [-0.05, 0) is 0 Å². The first-order chi connectivity index (χ1) is 5.72. The Morgan fingerprint density at radius 2 is 2.50 bits per heavy atom. The number of hydrogen-bond donors (Lipinski definition) is 1. The number of esters is 1. The molecular formula is C6H11BN2O3. The summed E-state index contributed by atoms with van der Waals surface area (Å²) in [6, 6.07) is -0.777. The van der Waals surface area contributed by atoms with Crippen LogP contribution in [-0.4, -0.2) is 38.4 Å². The van der Waals surface area contributed by atoms with Crippen molar-refractivity contribution in [2.24, 2.45) is 10.7 Å². The Bertz CT molecular complexity index is 184. The van der Waals surface area contributed by atoms with Gasteiger partial charge in [0.2, 0.25) is 0 Å². The zero-order valence-corrected chi connectivity index (χ0v) is 6.90. The minimum atomic E-state index is -0.777. The van der Waals surface area contributed by atoms with Gasteiger partial charge in [0.05, 0.1) is 0 Å². The summed E-state index contributed by atoms with van der Waals surface area (Å²) in [6.45, 7) is 2.07. The molecule has 0 saturated carbocycles. The van der Waals surface area contributed by atoms with Gasteiger partial charge in [-0.1, -0.05) is 0 Å². The number of carbonyl (C=O) groups excluding carboxylic acids is 1. The van der Waals surface area contributed by atoms with Crippen molar-refractivity contribution in [3.8, 4) is 0 Å². The number of nitrogens with zero attached hydrogens (tertiary/aromatic N) is 1. The first-order valence-corrected chi connectivity index (χ1v) is 3.58. The van der Waals surface area contributed by atoms with E-state index in [9.17, 15) is 9.50 Å². The molecule has 0 rings (SSSR count). The van der Waals surface area contributed by atoms with Crippen LogP contribution < -0.4 is 5.73 Å². The number of rotatable bonds is 5. The van der Waals surface area contributed by atoms with E-state index >= 15 is 0 Å². The molecule has 6 heteroatoms. The number of hydrogen-bond acceptors (Lipinski definition) is 5. The van der Waals surface area contributed by atoms with E-state index in [0.29, 0.717) is 13.8 Å². The fourth-order valence-electron chi connectivity index (χ4n) is 0.541. The molecule has 5 nitrogen and oxygen atoms in total. The molecule has 0 aliphatic carbocycles. The van der Waals surface area contributed by atoms with E-state index in [0.717, 1.165) is 6.11 Å². The predicted octanol–water partition coefficient (Wildman–Crippen LogP) is -1.05. The second-order valence-corrected chi connectivity index (χ2v) is 2.01. The summed E-state index contributed by atoms with van der Waals surface area (Å²) in [4.78, 5) is 14.4. The van der Waals surface area contributed by atoms with Gasteiger partial charge in [-0.25, -0.2) is 0 Å². The van der Waals surface area contributed by atoms with Crippen LogP contribution in [0.15, 0.2) is 4.99 Å². The van der Waals surface area contributed by atoms with Gasteiger partial charge in [0, 0.05) is 0 Å². The van der Waals surface area contributed by atoms with E-state index in [1.807, 2.05) is 0 Å². The summed E-state index contributed by atoms with van der Waals surface area (Å²) < 4.78 is 14.4. The third kappa shape index (κ3) is 4.73. The summed E-state index contributed by atoms with van der Waals surface area (Å²) >= 11 is 0. The van der Waals surface area contributed by atoms with Crippen LogP contribution in [0, 0.1) is 0 Å². The van der Waals surface area contributed by atoms with E-state index in [1.54, 1.807) is 6.92 Å². The van der Waals surface area contributed by atoms with Gasteiger partial charge in [-0.3, -0.25) is 0 Å². The quantitative estimate of drug-likeness (QED) is 0.324. The van der Waals surface area contributed by atoms with Gasteiger partial charge in [-0.15, -0.1) is 0 Å². The molecule has 0 fully saturated rings. The van der Waals surface area contributed by atoms with Crippen LogP contribution in [0.25, 0.3) is 0 Å². The molecule has 0 aromatic rings. The molecule has 0 heterocycles. The van der Waals surface area contributed by atoms with Gasteiger partial charge < -0.3 is 0 Å². The van der Waals surface area contributed by atoms with Gasteiger partial charge >= 0.3 is 70.3 Å². The Kier molecular flexibility index (Phi) is 6.09. The molecule has 1 atom stereocenters. The Morgan fingerprint density at radius 3 is 3.00 bits per heavy atom. The Labute approximate surface area is 71.2 Å². The van der Waals surface area contributed by atoms with Crippen LogP contribution >= 0.6 is 0 Å². The molecular weight excluding hydrogens is 159 g/mol. The van der Waals surface area contributed by atoms with Crippen molar-refractivity contribution < 1.29 is 14.2 Å². The number of nitrogens with two attached hydrogens (primary N) is 1. The monoisotopic (exact) mass is 170 g/mol. The van der Waals surface area contributed by atoms with Crippen LogP contribution in [0.3, 0.4) is 0 Å². The molecule has 66 valence electrons. The molecule has 0 bridgehead atoms. The normalized spacial score (nSPS) is 12.5. The molecule has 0 amide bonds. The van der Waals surface area contributed by atoms with E-state index in [4.69, 9.17) is 5.73 Å². The van der Waals surface area contributed by atoms with E-state index in [2.05, 4.69) is 9.73 Å². The third-order valence-electron chi connectivity index (χ3n) is 1.06. The summed E-state index contributed by atoms with van der Waals surface area (Å²) in [5.41, 5.74) is 5.34. The van der Waals surface area contributed by atoms with Crippen molar-refractivity contribution in [3.63, 3.8) is 0 Å².